The summed E-state index contributed by atoms with van der Waals surface area (Å²) < 4.78 is 59.3. The maximum atomic E-state index is 14.8. The van der Waals surface area contributed by atoms with Crippen LogP contribution in [0.5, 0.6) is 5.88 Å². The number of aromatic nitrogens is 3. The molecule has 0 unspecified atom stereocenters. The molecule has 39 heavy (non-hydrogen) atoms. The first kappa shape index (κ1) is 29.0. The number of nitrogens with one attached hydrogen (secondary N) is 1. The quantitative estimate of drug-likeness (QED) is 0.174. The number of anilines is 2. The lowest BCUT2D eigenvalue weighted by Crippen LogP contribution is -2.50. The highest BCUT2D eigenvalue weighted by atomic mass is 127. The van der Waals surface area contributed by atoms with Gasteiger partial charge in [0.25, 0.3) is 0 Å². The zero-order chi connectivity index (χ0) is 28.5. The smallest absolute Gasteiger partial charge is 0.419 e. The summed E-state index contributed by atoms with van der Waals surface area (Å²) in [5.74, 6) is -0.282. The molecule has 9 nitrogen and oxygen atoms in total. The van der Waals surface area contributed by atoms with Gasteiger partial charge in [-0.15, -0.1) is 0 Å². The molecule has 4 rings (SSSR count). The Labute approximate surface area is 236 Å². The van der Waals surface area contributed by atoms with Gasteiger partial charge in [-0.2, -0.15) is 18.2 Å². The molecule has 210 valence electrons. The van der Waals surface area contributed by atoms with Crippen molar-refractivity contribution in [3.05, 3.63) is 47.0 Å². The highest BCUT2D eigenvalue weighted by molar-refractivity contribution is 14.1. The zero-order valence-corrected chi connectivity index (χ0v) is 24.0. The van der Waals surface area contributed by atoms with Crippen molar-refractivity contribution in [3.8, 4) is 5.88 Å². The number of benzene rings is 1. The number of rotatable bonds is 7. The molecule has 1 aromatic carbocycles. The molecule has 1 atom stereocenters. The van der Waals surface area contributed by atoms with E-state index in [4.69, 9.17) is 4.74 Å². The highest BCUT2D eigenvalue weighted by Gasteiger charge is 2.35. The van der Waals surface area contributed by atoms with Crippen LogP contribution in [-0.4, -0.2) is 84.6 Å². The van der Waals surface area contributed by atoms with Gasteiger partial charge in [0.1, 0.15) is 27.2 Å². The van der Waals surface area contributed by atoms with Crippen LogP contribution in [0.25, 0.3) is 11.0 Å². The number of aryl methyl sites for hydroxylation is 1. The second kappa shape index (κ2) is 11.6. The Morgan fingerprint density at radius 2 is 1.87 bits per heavy atom. The van der Waals surface area contributed by atoms with E-state index in [2.05, 4.69) is 20.3 Å². The maximum Gasteiger partial charge on any atom is 0.419 e. The van der Waals surface area contributed by atoms with Crippen molar-refractivity contribution >= 4 is 51.0 Å². The average molecular weight is 661 g/mol. The SMILES string of the molecule is COc1nc2nc(C)nc(N[C@H](I)c3cccc(C(F)(F)F)c3F)c2cc1N1CCN(C(=O)CN(C)C)CC1. The first-order valence-electron chi connectivity index (χ1n) is 12.1. The van der Waals surface area contributed by atoms with Gasteiger partial charge in [0, 0.05) is 31.7 Å². The summed E-state index contributed by atoms with van der Waals surface area (Å²) in [6.07, 6.45) is -4.81. The second-order valence-electron chi connectivity index (χ2n) is 9.33. The van der Waals surface area contributed by atoms with Gasteiger partial charge in [-0.05, 0) is 33.2 Å². The summed E-state index contributed by atoms with van der Waals surface area (Å²) in [5, 5.41) is 3.54. The predicted molar refractivity (Wildman–Crippen MR) is 148 cm³/mol. The monoisotopic (exact) mass is 661 g/mol. The van der Waals surface area contributed by atoms with Crippen LogP contribution in [0.2, 0.25) is 0 Å². The lowest BCUT2D eigenvalue weighted by Gasteiger charge is -2.36. The van der Waals surface area contributed by atoms with Gasteiger partial charge in [-0.3, -0.25) is 4.79 Å². The van der Waals surface area contributed by atoms with Crippen molar-refractivity contribution in [2.24, 2.45) is 0 Å². The summed E-state index contributed by atoms with van der Waals surface area (Å²) >= 11 is 1.83. The van der Waals surface area contributed by atoms with E-state index in [1.165, 1.54) is 19.2 Å². The summed E-state index contributed by atoms with van der Waals surface area (Å²) in [6.45, 7) is 4.12. The highest BCUT2D eigenvalue weighted by Crippen LogP contribution is 2.38. The van der Waals surface area contributed by atoms with Gasteiger partial charge in [0.2, 0.25) is 11.8 Å². The number of ether oxygens (including phenoxy) is 1. The fraction of sp³-hybridized carbons (Fsp3) is 0.440. The molecule has 0 saturated carbocycles. The first-order valence-corrected chi connectivity index (χ1v) is 13.3. The number of methoxy groups -OCH3 is 1. The number of carbonyl (C=O) groups excluding carboxylic acids is 1. The van der Waals surface area contributed by atoms with Crippen molar-refractivity contribution in [1.29, 1.82) is 0 Å². The van der Waals surface area contributed by atoms with Gasteiger partial charge < -0.3 is 24.8 Å². The van der Waals surface area contributed by atoms with E-state index < -0.39 is 21.6 Å². The number of pyridine rings is 1. The number of nitrogens with zero attached hydrogens (tertiary/aromatic N) is 6. The molecule has 2 aromatic heterocycles. The van der Waals surface area contributed by atoms with E-state index in [9.17, 15) is 22.4 Å². The van der Waals surface area contributed by atoms with E-state index in [1.807, 2.05) is 46.5 Å². The Hall–Kier alpha value is -3.01. The lowest BCUT2D eigenvalue weighted by molar-refractivity contribution is -0.140. The second-order valence-corrected chi connectivity index (χ2v) is 10.6. The van der Waals surface area contributed by atoms with E-state index in [0.29, 0.717) is 73.0 Å². The third-order valence-electron chi connectivity index (χ3n) is 6.23. The van der Waals surface area contributed by atoms with Gasteiger partial charge in [0.05, 0.1) is 24.6 Å². The molecule has 1 aliphatic rings. The van der Waals surface area contributed by atoms with E-state index in [1.54, 1.807) is 17.9 Å². The lowest BCUT2D eigenvalue weighted by atomic mass is 10.1. The number of hydrogen-bond acceptors (Lipinski definition) is 8. The van der Waals surface area contributed by atoms with Gasteiger partial charge in [-0.1, -0.05) is 34.7 Å². The summed E-state index contributed by atoms with van der Waals surface area (Å²) in [6, 6.07) is 4.98. The minimum absolute atomic E-state index is 0.0496. The Morgan fingerprint density at radius 1 is 1.18 bits per heavy atom. The molecule has 1 fully saturated rings. The molecule has 14 heteroatoms. The van der Waals surface area contributed by atoms with Crippen molar-refractivity contribution in [2.75, 3.05) is 64.1 Å². The fourth-order valence-corrected chi connectivity index (χ4v) is 5.13. The van der Waals surface area contributed by atoms with Gasteiger partial charge in [-0.25, -0.2) is 14.4 Å². The normalized spacial score (nSPS) is 15.1. The Balaban J connectivity index is 1.66. The predicted octanol–water partition coefficient (Wildman–Crippen LogP) is 4.26. The molecule has 0 aliphatic carbocycles. The molecule has 0 spiro atoms. The van der Waals surface area contributed by atoms with Crippen LogP contribution in [0.1, 0.15) is 21.0 Å². The molecule has 1 saturated heterocycles. The number of halogens is 5. The molecule has 1 aliphatic heterocycles. The average Bonchev–Trinajstić information content (AvgIpc) is 2.87. The van der Waals surface area contributed by atoms with Gasteiger partial charge in [0.15, 0.2) is 5.65 Å². The third-order valence-corrected chi connectivity index (χ3v) is 7.22. The fourth-order valence-electron chi connectivity index (χ4n) is 4.35. The first-order chi connectivity index (χ1) is 18.4. The van der Waals surface area contributed by atoms with Crippen LogP contribution >= 0.6 is 22.6 Å². The minimum Gasteiger partial charge on any atom is -0.479 e. The van der Waals surface area contributed by atoms with Gasteiger partial charge >= 0.3 is 6.18 Å². The molecule has 0 bridgehead atoms. The summed E-state index contributed by atoms with van der Waals surface area (Å²) in [4.78, 5) is 31.5. The number of likely N-dealkylation sites (N-methyl/N-ethyl adjacent to an activating group) is 1. The van der Waals surface area contributed by atoms with E-state index in [0.717, 1.165) is 0 Å². The van der Waals surface area contributed by atoms with Crippen LogP contribution < -0.4 is 15.0 Å². The minimum atomic E-state index is -4.81. The number of hydrogen-bond donors (Lipinski definition) is 1. The maximum absolute atomic E-state index is 14.8. The largest absolute Gasteiger partial charge is 0.479 e. The molecule has 0 radical (unpaired) electrons. The Bertz CT molecular complexity index is 1360. The number of piperazine rings is 1. The standard InChI is InChI=1S/C25H28F4IN7O2/c1-14-31-22(33-21(30)15-6-5-7-17(20(15)26)25(27,28)29)16-12-18(24(39-4)34-23(16)32-14)36-8-10-37(11-9-36)19(38)13-35(2)3/h5-7,12,21H,8-11,13H2,1-4H3,(H,31,32,33,34)/t21-/m0/s1. The molecule has 1 amide bonds. The van der Waals surface area contributed by atoms with Crippen molar-refractivity contribution < 1.29 is 27.1 Å². The number of fused-ring (bicyclic) bond motifs is 1. The zero-order valence-electron chi connectivity index (χ0n) is 21.8. The Morgan fingerprint density at radius 3 is 2.49 bits per heavy atom. The Kier molecular flexibility index (Phi) is 8.63. The van der Waals surface area contributed by atoms with Crippen LogP contribution in [0, 0.1) is 12.7 Å². The van der Waals surface area contributed by atoms with Crippen molar-refractivity contribution in [2.45, 2.75) is 17.1 Å². The number of alkyl halides is 4. The number of carbonyl (C=O) groups is 1. The topological polar surface area (TPSA) is 86.7 Å². The van der Waals surface area contributed by atoms with Crippen LogP contribution in [0.4, 0.5) is 29.1 Å². The van der Waals surface area contributed by atoms with Crippen molar-refractivity contribution in [3.63, 3.8) is 0 Å². The molecule has 1 N–H and O–H groups in total. The van der Waals surface area contributed by atoms with Crippen molar-refractivity contribution in [1.82, 2.24) is 24.8 Å². The summed E-state index contributed by atoms with van der Waals surface area (Å²) in [7, 11) is 5.19. The third kappa shape index (κ3) is 6.42. The number of amides is 1. The molecular formula is C25H28F4IN7O2. The van der Waals surface area contributed by atoms with E-state index >= 15 is 0 Å². The van der Waals surface area contributed by atoms with Crippen LogP contribution in [0.3, 0.4) is 0 Å². The van der Waals surface area contributed by atoms with Crippen LogP contribution in [0.15, 0.2) is 24.3 Å². The molecular weight excluding hydrogens is 633 g/mol. The van der Waals surface area contributed by atoms with E-state index in [-0.39, 0.29) is 11.5 Å². The van der Waals surface area contributed by atoms with Crippen LogP contribution in [-0.2, 0) is 11.0 Å². The molecule has 3 heterocycles. The molecule has 3 aromatic rings. The summed E-state index contributed by atoms with van der Waals surface area (Å²) in [5.41, 5.74) is -0.506.